The largest absolute Gasteiger partial charge is 0.417 e. The van der Waals surface area contributed by atoms with Crippen LogP contribution in [0.5, 0.6) is 0 Å². The van der Waals surface area contributed by atoms with Crippen molar-refractivity contribution < 1.29 is 27.2 Å². The minimum absolute atomic E-state index is 0.131. The SMILES string of the molecule is CC(C)(C)c1cccc(NC(=O)[C@H]2CCCN(C(=O)c3c(F)cccc3C(F)(F)F)[C@H]2C2C=CC=CC2)c1. The van der Waals surface area contributed by atoms with Crippen molar-refractivity contribution in [3.63, 3.8) is 0 Å². The number of carbonyl (C=O) groups excluding carboxylic acids is 2. The molecule has 2 aliphatic rings. The lowest BCUT2D eigenvalue weighted by atomic mass is 9.77. The number of amides is 2. The Balaban J connectivity index is 1.70. The van der Waals surface area contributed by atoms with Crippen LogP contribution in [0.3, 0.4) is 0 Å². The third-order valence-electron chi connectivity index (χ3n) is 7.27. The van der Waals surface area contributed by atoms with Gasteiger partial charge >= 0.3 is 6.18 Å². The van der Waals surface area contributed by atoms with Gasteiger partial charge < -0.3 is 10.2 Å². The summed E-state index contributed by atoms with van der Waals surface area (Å²) in [6.07, 6.45) is 3.88. The first-order chi connectivity index (χ1) is 17.9. The van der Waals surface area contributed by atoms with Crippen molar-refractivity contribution in [2.24, 2.45) is 11.8 Å². The number of piperidine rings is 1. The summed E-state index contributed by atoms with van der Waals surface area (Å²) in [5.74, 6) is -3.58. The highest BCUT2D eigenvalue weighted by Gasteiger charge is 2.45. The number of benzene rings is 2. The molecule has 2 aromatic rings. The summed E-state index contributed by atoms with van der Waals surface area (Å²) in [5.41, 5.74) is -0.804. The molecule has 0 bridgehead atoms. The van der Waals surface area contributed by atoms with E-state index in [1.165, 1.54) is 4.90 Å². The number of halogens is 4. The fourth-order valence-corrected chi connectivity index (χ4v) is 5.34. The average Bonchev–Trinajstić information content (AvgIpc) is 2.87. The van der Waals surface area contributed by atoms with Crippen molar-refractivity contribution in [3.8, 4) is 0 Å². The van der Waals surface area contributed by atoms with E-state index in [9.17, 15) is 27.2 Å². The number of nitrogens with zero attached hydrogens (tertiary/aromatic N) is 1. The number of alkyl halides is 3. The smallest absolute Gasteiger partial charge is 0.334 e. The van der Waals surface area contributed by atoms with E-state index in [2.05, 4.69) is 26.1 Å². The van der Waals surface area contributed by atoms with Gasteiger partial charge in [-0.15, -0.1) is 0 Å². The molecule has 4 nitrogen and oxygen atoms in total. The Morgan fingerprint density at radius 3 is 2.42 bits per heavy atom. The first-order valence-corrected chi connectivity index (χ1v) is 12.8. The molecule has 0 aromatic heterocycles. The van der Waals surface area contributed by atoms with E-state index in [-0.39, 0.29) is 23.8 Å². The molecule has 38 heavy (non-hydrogen) atoms. The van der Waals surface area contributed by atoms with E-state index in [4.69, 9.17) is 0 Å². The summed E-state index contributed by atoms with van der Waals surface area (Å²) in [4.78, 5) is 28.5. The number of allylic oxidation sites excluding steroid dienone is 3. The van der Waals surface area contributed by atoms with E-state index in [1.807, 2.05) is 36.4 Å². The van der Waals surface area contributed by atoms with Gasteiger partial charge in [0.1, 0.15) is 5.82 Å². The van der Waals surface area contributed by atoms with Gasteiger partial charge in [-0.25, -0.2) is 4.39 Å². The highest BCUT2D eigenvalue weighted by Crippen LogP contribution is 2.38. The molecule has 0 spiro atoms. The number of anilines is 1. The molecular weight excluding hydrogens is 496 g/mol. The maximum absolute atomic E-state index is 14.8. The summed E-state index contributed by atoms with van der Waals surface area (Å²) in [7, 11) is 0. The second kappa shape index (κ2) is 10.8. The van der Waals surface area contributed by atoms with Crippen LogP contribution in [-0.4, -0.2) is 29.3 Å². The Hall–Kier alpha value is -3.42. The normalized spacial score (nSPS) is 21.9. The van der Waals surface area contributed by atoms with Gasteiger partial charge in [0, 0.05) is 18.2 Å². The lowest BCUT2D eigenvalue weighted by Crippen LogP contribution is -2.55. The van der Waals surface area contributed by atoms with E-state index >= 15 is 0 Å². The van der Waals surface area contributed by atoms with Gasteiger partial charge in [-0.1, -0.05) is 63.3 Å². The number of carbonyl (C=O) groups is 2. The minimum Gasteiger partial charge on any atom is -0.334 e. The summed E-state index contributed by atoms with van der Waals surface area (Å²) in [6, 6.07) is 9.30. The first-order valence-electron chi connectivity index (χ1n) is 12.8. The van der Waals surface area contributed by atoms with Crippen LogP contribution < -0.4 is 5.32 Å². The van der Waals surface area contributed by atoms with Gasteiger partial charge in [-0.3, -0.25) is 9.59 Å². The van der Waals surface area contributed by atoms with Crippen molar-refractivity contribution in [2.45, 2.75) is 57.7 Å². The fraction of sp³-hybridized carbons (Fsp3) is 0.400. The van der Waals surface area contributed by atoms with Gasteiger partial charge in [-0.05, 0) is 54.5 Å². The molecule has 1 heterocycles. The van der Waals surface area contributed by atoms with Crippen LogP contribution in [0.15, 0.2) is 66.8 Å². The van der Waals surface area contributed by atoms with Gasteiger partial charge in [-0.2, -0.15) is 13.2 Å². The average molecular weight is 529 g/mol. The summed E-state index contributed by atoms with van der Waals surface area (Å²) in [6.45, 7) is 6.33. The number of rotatable bonds is 4. The van der Waals surface area contributed by atoms with E-state index in [0.717, 1.165) is 17.7 Å². The molecule has 1 saturated heterocycles. The number of nitrogens with one attached hydrogen (secondary N) is 1. The Morgan fingerprint density at radius 1 is 1.03 bits per heavy atom. The van der Waals surface area contributed by atoms with Crippen molar-refractivity contribution in [2.75, 3.05) is 11.9 Å². The van der Waals surface area contributed by atoms with Gasteiger partial charge in [0.15, 0.2) is 0 Å². The molecule has 0 saturated carbocycles. The lowest BCUT2D eigenvalue weighted by molar-refractivity contribution is -0.138. The molecule has 3 atom stereocenters. The van der Waals surface area contributed by atoms with Crippen molar-refractivity contribution in [1.82, 2.24) is 4.90 Å². The molecule has 8 heteroatoms. The topological polar surface area (TPSA) is 49.4 Å². The van der Waals surface area contributed by atoms with E-state index in [1.54, 1.807) is 12.1 Å². The number of likely N-dealkylation sites (tertiary alicyclic amines) is 1. The van der Waals surface area contributed by atoms with Crippen molar-refractivity contribution in [3.05, 3.63) is 89.3 Å². The third kappa shape index (κ3) is 5.84. The molecule has 1 unspecified atom stereocenters. The van der Waals surface area contributed by atoms with Crippen LogP contribution in [0.1, 0.15) is 61.5 Å². The zero-order valence-electron chi connectivity index (χ0n) is 21.7. The van der Waals surface area contributed by atoms with E-state index < -0.39 is 41.0 Å². The number of hydrogen-bond donors (Lipinski definition) is 1. The predicted octanol–water partition coefficient (Wildman–Crippen LogP) is 7.13. The zero-order valence-corrected chi connectivity index (χ0v) is 21.7. The molecule has 1 N–H and O–H groups in total. The Bertz CT molecular complexity index is 1260. The molecule has 202 valence electrons. The lowest BCUT2D eigenvalue weighted by Gasteiger charge is -2.44. The molecule has 2 amide bonds. The monoisotopic (exact) mass is 528 g/mol. The van der Waals surface area contributed by atoms with Gasteiger partial charge in [0.2, 0.25) is 5.91 Å². The highest BCUT2D eigenvalue weighted by atomic mass is 19.4. The molecule has 1 aliphatic heterocycles. The van der Waals surface area contributed by atoms with Gasteiger partial charge in [0.05, 0.1) is 23.1 Å². The third-order valence-corrected chi connectivity index (χ3v) is 7.27. The van der Waals surface area contributed by atoms with Crippen LogP contribution in [0.2, 0.25) is 0 Å². The highest BCUT2D eigenvalue weighted by molar-refractivity contribution is 5.98. The zero-order chi connectivity index (χ0) is 27.7. The molecule has 1 aliphatic carbocycles. The standard InChI is InChI=1S/C30H32F4N2O2/c1-29(2,3)20-12-7-13-21(18-20)35-27(37)22-14-9-17-36(26(22)19-10-5-4-6-11-19)28(38)25-23(30(32,33)34)15-8-16-24(25)31/h4-8,10,12-13,15-16,18-19,22,26H,9,11,14,17H2,1-3H3,(H,35,37)/t19?,22-,26-/m0/s1. The molecule has 1 fully saturated rings. The Labute approximate surface area is 220 Å². The molecule has 0 radical (unpaired) electrons. The van der Waals surface area contributed by atoms with E-state index in [0.29, 0.717) is 31.0 Å². The maximum Gasteiger partial charge on any atom is 0.417 e. The van der Waals surface area contributed by atoms with Crippen LogP contribution in [-0.2, 0) is 16.4 Å². The first kappa shape index (κ1) is 27.6. The number of hydrogen-bond acceptors (Lipinski definition) is 2. The predicted molar refractivity (Wildman–Crippen MR) is 139 cm³/mol. The fourth-order valence-electron chi connectivity index (χ4n) is 5.34. The quantitative estimate of drug-likeness (QED) is 0.429. The second-order valence-corrected chi connectivity index (χ2v) is 10.9. The van der Waals surface area contributed by atoms with Crippen molar-refractivity contribution in [1.29, 1.82) is 0 Å². The van der Waals surface area contributed by atoms with Gasteiger partial charge in [0.25, 0.3) is 5.91 Å². The molecule has 2 aromatic carbocycles. The molecular formula is C30H32F4N2O2. The van der Waals surface area contributed by atoms with Crippen LogP contribution in [0.4, 0.5) is 23.2 Å². The maximum atomic E-state index is 14.8. The Kier molecular flexibility index (Phi) is 7.81. The van der Waals surface area contributed by atoms with Crippen molar-refractivity contribution >= 4 is 17.5 Å². The second-order valence-electron chi connectivity index (χ2n) is 10.9. The summed E-state index contributed by atoms with van der Waals surface area (Å²) >= 11 is 0. The van der Waals surface area contributed by atoms with Crippen LogP contribution in [0, 0.1) is 17.7 Å². The van der Waals surface area contributed by atoms with Crippen LogP contribution >= 0.6 is 0 Å². The minimum atomic E-state index is -4.90. The van der Waals surface area contributed by atoms with Crippen LogP contribution in [0.25, 0.3) is 0 Å². The summed E-state index contributed by atoms with van der Waals surface area (Å²) in [5, 5.41) is 2.97. The Morgan fingerprint density at radius 2 is 1.76 bits per heavy atom. The molecule has 4 rings (SSSR count). The summed E-state index contributed by atoms with van der Waals surface area (Å²) < 4.78 is 56.0.